The maximum atomic E-state index is 10.8. The van der Waals surface area contributed by atoms with E-state index in [0.29, 0.717) is 0 Å². The van der Waals surface area contributed by atoms with Gasteiger partial charge in [0.1, 0.15) is 11.4 Å². The molecule has 0 bridgehead atoms. The monoisotopic (exact) mass is 146 g/mol. The minimum Gasteiger partial charge on any atom is -0.462 e. The molecule has 0 spiro atoms. The van der Waals surface area contributed by atoms with E-state index in [4.69, 9.17) is 4.74 Å². The number of carbonyl (C=O) groups excluding carboxylic acids is 1. The summed E-state index contributed by atoms with van der Waals surface area (Å²) in [4.78, 5) is 10.8. The zero-order valence-electron chi connectivity index (χ0n) is 5.59. The molecule has 0 aromatic rings. The molecule has 1 aliphatic rings. The fourth-order valence-electron chi connectivity index (χ4n) is 0.912. The Morgan fingerprint density at radius 2 is 2.44 bits per heavy atom. The van der Waals surface area contributed by atoms with E-state index in [1.807, 2.05) is 13.2 Å². The number of esters is 1. The molecule has 0 N–H and O–H groups in total. The molecule has 1 fully saturated rings. The van der Waals surface area contributed by atoms with Crippen molar-refractivity contribution in [1.29, 1.82) is 0 Å². The Morgan fingerprint density at radius 3 is 2.67 bits per heavy atom. The summed E-state index contributed by atoms with van der Waals surface area (Å²) in [6.45, 7) is 1.92. The molecule has 0 radical (unpaired) electrons. The highest BCUT2D eigenvalue weighted by Gasteiger charge is 2.30. The van der Waals surface area contributed by atoms with Crippen molar-refractivity contribution < 1.29 is 9.53 Å². The molecule has 0 unspecified atom stereocenters. The van der Waals surface area contributed by atoms with Crippen molar-refractivity contribution in [3.05, 3.63) is 0 Å². The van der Waals surface area contributed by atoms with Crippen molar-refractivity contribution in [2.24, 2.45) is 0 Å². The number of hydrogen-bond acceptors (Lipinski definition) is 3. The lowest BCUT2D eigenvalue weighted by Crippen LogP contribution is -2.08. The van der Waals surface area contributed by atoms with Gasteiger partial charge in [-0.2, -0.15) is 11.8 Å². The van der Waals surface area contributed by atoms with Crippen LogP contribution in [0.15, 0.2) is 0 Å². The Labute approximate surface area is 59.0 Å². The Balaban J connectivity index is 2.48. The third-order valence-electron chi connectivity index (χ3n) is 1.41. The molecular weight excluding hydrogens is 136 g/mol. The molecule has 0 aromatic carbocycles. The topological polar surface area (TPSA) is 26.3 Å². The minimum atomic E-state index is -0.0463. The van der Waals surface area contributed by atoms with Gasteiger partial charge in [0.2, 0.25) is 0 Å². The van der Waals surface area contributed by atoms with E-state index in [-0.39, 0.29) is 17.3 Å². The third-order valence-corrected chi connectivity index (χ3v) is 2.36. The molecule has 0 amide bonds. The summed E-state index contributed by atoms with van der Waals surface area (Å²) in [7, 11) is 0. The number of cyclic esters (lactones) is 1. The zero-order valence-corrected chi connectivity index (χ0v) is 6.40. The zero-order chi connectivity index (χ0) is 6.85. The highest BCUT2D eigenvalue weighted by molar-refractivity contribution is 7.99. The van der Waals surface area contributed by atoms with Crippen molar-refractivity contribution in [2.45, 2.75) is 24.7 Å². The Bertz CT molecular complexity index is 124. The summed E-state index contributed by atoms with van der Waals surface area (Å²) in [5.74, 6) is -0.0463. The second-order valence-electron chi connectivity index (χ2n) is 2.21. The highest BCUT2D eigenvalue weighted by Crippen LogP contribution is 2.23. The highest BCUT2D eigenvalue weighted by atomic mass is 32.2. The molecule has 0 aliphatic carbocycles. The predicted molar refractivity (Wildman–Crippen MR) is 37.5 cm³/mol. The molecule has 0 aromatic heterocycles. The van der Waals surface area contributed by atoms with Crippen LogP contribution >= 0.6 is 11.8 Å². The SMILES string of the molecule is CS[C@@H]1C[C@@H](C)OC1=O. The van der Waals surface area contributed by atoms with Gasteiger partial charge in [0, 0.05) is 6.42 Å². The van der Waals surface area contributed by atoms with Gasteiger partial charge < -0.3 is 4.74 Å². The Hall–Kier alpha value is -0.180. The maximum absolute atomic E-state index is 10.8. The van der Waals surface area contributed by atoms with E-state index in [9.17, 15) is 4.79 Å². The molecule has 2 atom stereocenters. The normalized spacial score (nSPS) is 34.7. The van der Waals surface area contributed by atoms with Crippen LogP contribution in [0.4, 0.5) is 0 Å². The standard InChI is InChI=1S/C6H10O2S/c1-4-3-5(9-2)6(7)8-4/h4-5H,3H2,1-2H3/t4-,5-/m1/s1. The van der Waals surface area contributed by atoms with Crippen LogP contribution in [-0.4, -0.2) is 23.6 Å². The summed E-state index contributed by atoms with van der Waals surface area (Å²) < 4.78 is 4.90. The van der Waals surface area contributed by atoms with Crippen LogP contribution in [-0.2, 0) is 9.53 Å². The summed E-state index contributed by atoms with van der Waals surface area (Å²) >= 11 is 1.57. The number of thioether (sulfide) groups is 1. The molecule has 2 nitrogen and oxygen atoms in total. The Morgan fingerprint density at radius 1 is 1.78 bits per heavy atom. The predicted octanol–water partition coefficient (Wildman–Crippen LogP) is 1.05. The first kappa shape index (κ1) is 6.93. The summed E-state index contributed by atoms with van der Waals surface area (Å²) in [6.07, 6.45) is 2.94. The fraction of sp³-hybridized carbons (Fsp3) is 0.833. The fourth-order valence-corrected chi connectivity index (χ4v) is 1.62. The van der Waals surface area contributed by atoms with E-state index in [1.165, 1.54) is 0 Å². The molecular formula is C6H10O2S. The molecule has 1 heterocycles. The second kappa shape index (κ2) is 2.60. The van der Waals surface area contributed by atoms with E-state index in [2.05, 4.69) is 0 Å². The number of hydrogen-bond donors (Lipinski definition) is 0. The van der Waals surface area contributed by atoms with Crippen molar-refractivity contribution in [3.8, 4) is 0 Å². The molecule has 1 saturated heterocycles. The van der Waals surface area contributed by atoms with Gasteiger partial charge >= 0.3 is 5.97 Å². The number of ether oxygens (including phenoxy) is 1. The summed E-state index contributed by atoms with van der Waals surface area (Å²) in [5, 5.41) is 0.0972. The van der Waals surface area contributed by atoms with Gasteiger partial charge in [0.25, 0.3) is 0 Å². The van der Waals surface area contributed by atoms with E-state index in [0.717, 1.165) is 6.42 Å². The average Bonchev–Trinajstić information content (AvgIpc) is 2.10. The molecule has 3 heteroatoms. The lowest BCUT2D eigenvalue weighted by atomic mass is 10.3. The van der Waals surface area contributed by atoms with Crippen LogP contribution in [0.25, 0.3) is 0 Å². The molecule has 52 valence electrons. The Kier molecular flexibility index (Phi) is 2.01. The third kappa shape index (κ3) is 1.39. The van der Waals surface area contributed by atoms with Gasteiger partial charge in [-0.3, -0.25) is 4.79 Å². The van der Waals surface area contributed by atoms with Gasteiger partial charge in [0.15, 0.2) is 0 Å². The van der Waals surface area contributed by atoms with Crippen LogP contribution in [0.1, 0.15) is 13.3 Å². The number of rotatable bonds is 1. The molecule has 1 rings (SSSR count). The average molecular weight is 146 g/mol. The van der Waals surface area contributed by atoms with E-state index in [1.54, 1.807) is 11.8 Å². The van der Waals surface area contributed by atoms with Gasteiger partial charge in [-0.1, -0.05) is 0 Å². The van der Waals surface area contributed by atoms with Gasteiger partial charge in [-0.25, -0.2) is 0 Å². The molecule has 1 aliphatic heterocycles. The summed E-state index contributed by atoms with van der Waals surface area (Å²) in [6, 6.07) is 0. The second-order valence-corrected chi connectivity index (χ2v) is 3.25. The van der Waals surface area contributed by atoms with Gasteiger partial charge in [-0.15, -0.1) is 0 Å². The van der Waals surface area contributed by atoms with Crippen molar-refractivity contribution in [1.82, 2.24) is 0 Å². The van der Waals surface area contributed by atoms with Crippen LogP contribution in [0.5, 0.6) is 0 Å². The van der Waals surface area contributed by atoms with Crippen molar-refractivity contribution >= 4 is 17.7 Å². The lowest BCUT2D eigenvalue weighted by molar-refractivity contribution is -0.140. The van der Waals surface area contributed by atoms with Gasteiger partial charge in [-0.05, 0) is 13.2 Å². The largest absolute Gasteiger partial charge is 0.462 e. The van der Waals surface area contributed by atoms with E-state index < -0.39 is 0 Å². The van der Waals surface area contributed by atoms with Crippen LogP contribution in [0.3, 0.4) is 0 Å². The van der Waals surface area contributed by atoms with E-state index >= 15 is 0 Å². The minimum absolute atomic E-state index is 0.0463. The van der Waals surface area contributed by atoms with Crippen molar-refractivity contribution in [3.63, 3.8) is 0 Å². The maximum Gasteiger partial charge on any atom is 0.319 e. The smallest absolute Gasteiger partial charge is 0.319 e. The van der Waals surface area contributed by atoms with Crippen molar-refractivity contribution in [2.75, 3.05) is 6.26 Å². The summed E-state index contributed by atoms with van der Waals surface area (Å²) in [5.41, 5.74) is 0. The quantitative estimate of drug-likeness (QED) is 0.517. The first-order valence-corrected chi connectivity index (χ1v) is 4.26. The molecule has 0 saturated carbocycles. The molecule has 9 heavy (non-hydrogen) atoms. The van der Waals surface area contributed by atoms with Crippen LogP contribution in [0, 0.1) is 0 Å². The lowest BCUT2D eigenvalue weighted by Gasteiger charge is -1.95. The van der Waals surface area contributed by atoms with Crippen LogP contribution < -0.4 is 0 Å². The first-order valence-electron chi connectivity index (χ1n) is 2.97. The van der Waals surface area contributed by atoms with Crippen LogP contribution in [0.2, 0.25) is 0 Å². The first-order chi connectivity index (χ1) is 4.24. The number of carbonyl (C=O) groups is 1. The van der Waals surface area contributed by atoms with Gasteiger partial charge in [0.05, 0.1) is 0 Å².